The van der Waals surface area contributed by atoms with Gasteiger partial charge >= 0.3 is 0 Å². The van der Waals surface area contributed by atoms with Gasteiger partial charge in [-0.3, -0.25) is 9.69 Å². The summed E-state index contributed by atoms with van der Waals surface area (Å²) in [4.78, 5) is 21.2. The number of pyridine rings is 1. The van der Waals surface area contributed by atoms with Crippen molar-refractivity contribution < 1.29 is 4.79 Å². The summed E-state index contributed by atoms with van der Waals surface area (Å²) in [6, 6.07) is 4.21. The van der Waals surface area contributed by atoms with E-state index in [1.165, 1.54) is 12.8 Å². The monoisotopic (exact) mass is 308 g/mol. The molecule has 1 saturated carbocycles. The molecule has 0 aromatic carbocycles. The number of halogens is 1. The van der Waals surface area contributed by atoms with Crippen molar-refractivity contribution in [3.8, 4) is 0 Å². The van der Waals surface area contributed by atoms with Crippen molar-refractivity contribution in [2.45, 2.75) is 25.8 Å². The molecule has 0 radical (unpaired) electrons. The summed E-state index contributed by atoms with van der Waals surface area (Å²) in [5.74, 6) is 0.707. The van der Waals surface area contributed by atoms with Crippen molar-refractivity contribution in [2.24, 2.45) is 0 Å². The third-order valence-corrected chi connectivity index (χ3v) is 4.26. The second-order valence-corrected chi connectivity index (χ2v) is 6.04. The fourth-order valence-electron chi connectivity index (χ4n) is 2.80. The molecular weight excluding hydrogens is 288 g/mol. The predicted molar refractivity (Wildman–Crippen MR) is 83.9 cm³/mol. The number of carbonyl (C=O) groups is 1. The Hall–Kier alpha value is -1.33. The van der Waals surface area contributed by atoms with E-state index in [1.807, 2.05) is 11.8 Å². The lowest BCUT2D eigenvalue weighted by atomic mass is 10.2. The lowest BCUT2D eigenvalue weighted by Crippen LogP contribution is -2.49. The molecule has 1 N–H and O–H groups in total. The van der Waals surface area contributed by atoms with Crippen LogP contribution >= 0.6 is 11.6 Å². The number of hydrogen-bond donors (Lipinski definition) is 1. The highest BCUT2D eigenvalue weighted by Crippen LogP contribution is 2.27. The SMILES string of the molecule is CCNc1cc(C(=O)N2CCN(C3CC3)CC2)cc(Cl)n1. The number of anilines is 1. The van der Waals surface area contributed by atoms with Crippen molar-refractivity contribution >= 4 is 23.3 Å². The molecule has 0 atom stereocenters. The molecule has 1 aliphatic carbocycles. The van der Waals surface area contributed by atoms with E-state index < -0.39 is 0 Å². The van der Waals surface area contributed by atoms with Crippen LogP contribution in [0.15, 0.2) is 12.1 Å². The minimum Gasteiger partial charge on any atom is -0.370 e. The third-order valence-electron chi connectivity index (χ3n) is 4.06. The molecule has 6 heteroatoms. The van der Waals surface area contributed by atoms with Crippen molar-refractivity contribution in [1.82, 2.24) is 14.8 Å². The minimum absolute atomic E-state index is 0.0499. The Morgan fingerprint density at radius 1 is 1.33 bits per heavy atom. The van der Waals surface area contributed by atoms with Crippen LogP contribution in [0.1, 0.15) is 30.1 Å². The van der Waals surface area contributed by atoms with Gasteiger partial charge in [-0.2, -0.15) is 0 Å². The molecule has 1 aromatic rings. The Labute approximate surface area is 130 Å². The molecule has 2 fully saturated rings. The van der Waals surface area contributed by atoms with Crippen LogP contribution in [0.4, 0.5) is 5.82 Å². The van der Waals surface area contributed by atoms with Gasteiger partial charge in [0.1, 0.15) is 11.0 Å². The zero-order chi connectivity index (χ0) is 14.8. The Morgan fingerprint density at radius 2 is 2.05 bits per heavy atom. The first-order chi connectivity index (χ1) is 10.2. The summed E-state index contributed by atoms with van der Waals surface area (Å²) in [6.45, 7) is 6.30. The number of carbonyl (C=O) groups excluding carboxylic acids is 1. The number of nitrogens with zero attached hydrogens (tertiary/aromatic N) is 3. The van der Waals surface area contributed by atoms with Crippen molar-refractivity contribution in [3.63, 3.8) is 0 Å². The smallest absolute Gasteiger partial charge is 0.254 e. The van der Waals surface area contributed by atoms with Crippen LogP contribution in [-0.4, -0.2) is 59.5 Å². The molecule has 1 aromatic heterocycles. The Balaban J connectivity index is 1.67. The molecule has 0 spiro atoms. The summed E-state index contributed by atoms with van der Waals surface area (Å²) in [5, 5.41) is 3.46. The highest BCUT2D eigenvalue weighted by Gasteiger charge is 2.32. The maximum atomic E-state index is 12.6. The molecule has 2 heterocycles. The van der Waals surface area contributed by atoms with Gasteiger partial charge in [0.25, 0.3) is 5.91 Å². The second kappa shape index (κ2) is 6.20. The molecule has 2 aliphatic rings. The highest BCUT2D eigenvalue weighted by atomic mass is 35.5. The topological polar surface area (TPSA) is 48.5 Å². The largest absolute Gasteiger partial charge is 0.370 e. The quantitative estimate of drug-likeness (QED) is 0.865. The van der Waals surface area contributed by atoms with E-state index >= 15 is 0 Å². The fourth-order valence-corrected chi connectivity index (χ4v) is 3.01. The van der Waals surface area contributed by atoms with Gasteiger partial charge in [0.2, 0.25) is 0 Å². The van der Waals surface area contributed by atoms with Gasteiger partial charge in [-0.05, 0) is 31.9 Å². The van der Waals surface area contributed by atoms with E-state index in [1.54, 1.807) is 12.1 Å². The van der Waals surface area contributed by atoms with Gasteiger partial charge in [-0.15, -0.1) is 0 Å². The summed E-state index contributed by atoms with van der Waals surface area (Å²) in [6.07, 6.45) is 2.64. The zero-order valence-electron chi connectivity index (χ0n) is 12.3. The predicted octanol–water partition coefficient (Wildman–Crippen LogP) is 2.09. The maximum absolute atomic E-state index is 12.6. The lowest BCUT2D eigenvalue weighted by Gasteiger charge is -2.34. The van der Waals surface area contributed by atoms with Crippen LogP contribution in [0.2, 0.25) is 5.15 Å². The summed E-state index contributed by atoms with van der Waals surface area (Å²) in [5.41, 5.74) is 0.617. The maximum Gasteiger partial charge on any atom is 0.254 e. The summed E-state index contributed by atoms with van der Waals surface area (Å²) < 4.78 is 0. The number of amides is 1. The minimum atomic E-state index is 0.0499. The summed E-state index contributed by atoms with van der Waals surface area (Å²) >= 11 is 6.01. The van der Waals surface area contributed by atoms with Crippen LogP contribution in [0.5, 0.6) is 0 Å². The van der Waals surface area contributed by atoms with E-state index in [-0.39, 0.29) is 5.91 Å². The number of rotatable bonds is 4. The molecule has 114 valence electrons. The highest BCUT2D eigenvalue weighted by molar-refractivity contribution is 6.29. The third kappa shape index (κ3) is 3.47. The number of piperazine rings is 1. The van der Waals surface area contributed by atoms with Gasteiger partial charge in [-0.25, -0.2) is 4.98 Å². The lowest BCUT2D eigenvalue weighted by molar-refractivity contribution is 0.0627. The average molecular weight is 309 g/mol. The van der Waals surface area contributed by atoms with Crippen molar-refractivity contribution in [1.29, 1.82) is 0 Å². The van der Waals surface area contributed by atoms with Gasteiger partial charge in [0, 0.05) is 44.3 Å². The first-order valence-corrected chi connectivity index (χ1v) is 8.00. The van der Waals surface area contributed by atoms with E-state index in [0.29, 0.717) is 16.5 Å². The van der Waals surface area contributed by atoms with Crippen molar-refractivity contribution in [2.75, 3.05) is 38.0 Å². The molecule has 3 rings (SSSR count). The molecule has 0 unspecified atom stereocenters. The zero-order valence-corrected chi connectivity index (χ0v) is 13.1. The van der Waals surface area contributed by atoms with Crippen LogP contribution in [0.3, 0.4) is 0 Å². The second-order valence-electron chi connectivity index (χ2n) is 5.65. The first-order valence-electron chi connectivity index (χ1n) is 7.62. The normalized spacial score (nSPS) is 19.6. The van der Waals surface area contributed by atoms with Crippen LogP contribution in [-0.2, 0) is 0 Å². The standard InChI is InChI=1S/C15H21ClN4O/c1-2-17-14-10-11(9-13(16)18-14)15(21)20-7-5-19(6-8-20)12-3-4-12/h9-10,12H,2-8H2,1H3,(H,17,18). The van der Waals surface area contributed by atoms with Gasteiger partial charge in [0.05, 0.1) is 0 Å². The van der Waals surface area contributed by atoms with Crippen molar-refractivity contribution in [3.05, 3.63) is 22.8 Å². The molecule has 1 amide bonds. The van der Waals surface area contributed by atoms with E-state index in [2.05, 4.69) is 15.2 Å². The average Bonchev–Trinajstić information content (AvgIpc) is 3.31. The van der Waals surface area contributed by atoms with Gasteiger partial charge < -0.3 is 10.2 Å². The molecule has 5 nitrogen and oxygen atoms in total. The van der Waals surface area contributed by atoms with Crippen LogP contribution < -0.4 is 5.32 Å². The number of aromatic nitrogens is 1. The molecule has 0 bridgehead atoms. The molecule has 21 heavy (non-hydrogen) atoms. The van der Waals surface area contributed by atoms with Crippen LogP contribution in [0, 0.1) is 0 Å². The van der Waals surface area contributed by atoms with Gasteiger partial charge in [-0.1, -0.05) is 11.6 Å². The molecule has 1 saturated heterocycles. The van der Waals surface area contributed by atoms with E-state index in [4.69, 9.17) is 11.6 Å². The number of nitrogens with one attached hydrogen (secondary N) is 1. The number of hydrogen-bond acceptors (Lipinski definition) is 4. The fraction of sp³-hybridized carbons (Fsp3) is 0.600. The Bertz CT molecular complexity index is 524. The Kier molecular flexibility index (Phi) is 4.31. The van der Waals surface area contributed by atoms with Gasteiger partial charge in [0.15, 0.2) is 0 Å². The van der Waals surface area contributed by atoms with Crippen LogP contribution in [0.25, 0.3) is 0 Å². The molecular formula is C15H21ClN4O. The summed E-state index contributed by atoms with van der Waals surface area (Å²) in [7, 11) is 0. The first kappa shape index (κ1) is 14.6. The van der Waals surface area contributed by atoms with E-state index in [0.717, 1.165) is 38.8 Å². The molecule has 1 aliphatic heterocycles. The van der Waals surface area contributed by atoms with E-state index in [9.17, 15) is 4.79 Å². The Morgan fingerprint density at radius 3 is 2.67 bits per heavy atom.